The van der Waals surface area contributed by atoms with Gasteiger partial charge in [-0.2, -0.15) is 0 Å². The molecule has 0 aromatic carbocycles. The number of unbranched alkanes of at least 4 members (excludes halogenated alkanes) is 11. The minimum atomic E-state index is 0.899. The molecule has 0 aliphatic carbocycles. The first kappa shape index (κ1) is 18.5. The van der Waals surface area contributed by atoms with E-state index >= 15 is 0 Å². The van der Waals surface area contributed by atoms with E-state index in [1.807, 2.05) is 0 Å². The van der Waals surface area contributed by atoms with Gasteiger partial charge in [0.1, 0.15) is 0 Å². The summed E-state index contributed by atoms with van der Waals surface area (Å²) in [5, 5.41) is 9.77. The van der Waals surface area contributed by atoms with Crippen LogP contribution in [0.2, 0.25) is 0 Å². The van der Waals surface area contributed by atoms with Crippen LogP contribution in [0.3, 0.4) is 0 Å². The first-order valence-electron chi connectivity index (χ1n) is 8.01. The molecule has 109 valence electrons. The average Bonchev–Trinajstić information content (AvgIpc) is 2.47. The normalized spacial score (nSPS) is 8.65. The minimum absolute atomic E-state index is 0.899. The second-order valence-electron chi connectivity index (χ2n) is 5.06. The third kappa shape index (κ3) is 16.5. The Balaban J connectivity index is 3.17. The third-order valence-corrected chi connectivity index (χ3v) is 3.23. The Kier molecular flexibility index (Phi) is 16.2. The van der Waals surface area contributed by atoms with Crippen molar-refractivity contribution < 1.29 is 5.11 Å². The van der Waals surface area contributed by atoms with Gasteiger partial charge in [-0.3, -0.25) is 0 Å². The van der Waals surface area contributed by atoms with Gasteiger partial charge in [-0.25, -0.2) is 5.11 Å². The maximum absolute atomic E-state index is 9.77. The highest BCUT2D eigenvalue weighted by Crippen LogP contribution is 2.11. The van der Waals surface area contributed by atoms with E-state index in [0.29, 0.717) is 0 Å². The molecule has 0 spiro atoms. The highest BCUT2D eigenvalue weighted by Gasteiger charge is 1.92. The molecule has 0 fully saturated rings. The van der Waals surface area contributed by atoms with Crippen LogP contribution in [0.5, 0.6) is 0 Å². The average molecular weight is 271 g/mol. The van der Waals surface area contributed by atoms with E-state index < -0.39 is 0 Å². The highest BCUT2D eigenvalue weighted by atomic mass is 16.2. The van der Waals surface area contributed by atoms with E-state index in [1.165, 1.54) is 70.3 Å². The van der Waals surface area contributed by atoms with Crippen molar-refractivity contribution in [2.24, 2.45) is 0 Å². The van der Waals surface area contributed by atoms with E-state index in [-0.39, 0.29) is 0 Å². The molecular formula is C19H27O. The topological polar surface area (TPSA) is 19.9 Å². The summed E-state index contributed by atoms with van der Waals surface area (Å²) in [7, 11) is 0. The molecule has 0 aliphatic rings. The second kappa shape index (κ2) is 17.5. The fourth-order valence-electron chi connectivity index (χ4n) is 2.07. The lowest BCUT2D eigenvalue weighted by atomic mass is 10.1. The second-order valence-corrected chi connectivity index (χ2v) is 5.06. The first-order valence-corrected chi connectivity index (χ1v) is 8.01. The van der Waals surface area contributed by atoms with Crippen molar-refractivity contribution in [2.45, 2.75) is 84.0 Å². The van der Waals surface area contributed by atoms with E-state index in [4.69, 9.17) is 0 Å². The van der Waals surface area contributed by atoms with Crippen LogP contribution in [0.4, 0.5) is 0 Å². The van der Waals surface area contributed by atoms with Crippen molar-refractivity contribution in [1.29, 1.82) is 0 Å². The van der Waals surface area contributed by atoms with Crippen LogP contribution >= 0.6 is 0 Å². The zero-order valence-corrected chi connectivity index (χ0v) is 12.9. The van der Waals surface area contributed by atoms with Crippen LogP contribution in [-0.4, -0.2) is 0 Å². The van der Waals surface area contributed by atoms with Gasteiger partial charge in [-0.15, -0.1) is 0 Å². The first-order chi connectivity index (χ1) is 9.91. The van der Waals surface area contributed by atoms with Crippen LogP contribution < -0.4 is 0 Å². The summed E-state index contributed by atoms with van der Waals surface area (Å²) in [4.78, 5) is 0. The largest absolute Gasteiger partial charge is 0.223 e. The summed E-state index contributed by atoms with van der Waals surface area (Å²) in [6.45, 7) is 2.26. The highest BCUT2D eigenvalue weighted by molar-refractivity contribution is 5.34. The number of rotatable bonds is 11. The van der Waals surface area contributed by atoms with Gasteiger partial charge in [0.15, 0.2) is 6.11 Å². The van der Waals surface area contributed by atoms with Crippen LogP contribution in [0.1, 0.15) is 84.0 Å². The van der Waals surface area contributed by atoms with E-state index in [2.05, 4.69) is 36.5 Å². The Morgan fingerprint density at radius 3 is 1.65 bits per heavy atom. The molecule has 0 unspecified atom stereocenters. The molecule has 0 atom stereocenters. The van der Waals surface area contributed by atoms with Crippen LogP contribution in [0, 0.1) is 35.7 Å². The molecule has 1 heteroatoms. The Morgan fingerprint density at radius 2 is 1.10 bits per heavy atom. The lowest BCUT2D eigenvalue weighted by Crippen LogP contribution is -1.82. The van der Waals surface area contributed by atoms with E-state index in [1.54, 1.807) is 0 Å². The maximum Gasteiger partial charge on any atom is 0.186 e. The molecule has 20 heavy (non-hydrogen) atoms. The van der Waals surface area contributed by atoms with Crippen molar-refractivity contribution in [3.63, 3.8) is 0 Å². The molecule has 0 amide bonds. The molecular weight excluding hydrogens is 244 g/mol. The molecule has 0 rings (SSSR count). The van der Waals surface area contributed by atoms with Crippen LogP contribution in [0.15, 0.2) is 0 Å². The molecule has 0 aromatic heterocycles. The zero-order valence-electron chi connectivity index (χ0n) is 12.9. The quantitative estimate of drug-likeness (QED) is 0.368. The fraction of sp³-hybridized carbons (Fsp3) is 0.684. The van der Waals surface area contributed by atoms with Gasteiger partial charge in [-0.05, 0) is 18.3 Å². The molecule has 0 N–H and O–H groups in total. The summed E-state index contributed by atoms with van der Waals surface area (Å²) >= 11 is 0. The van der Waals surface area contributed by atoms with Crippen molar-refractivity contribution in [3.8, 4) is 35.7 Å². The molecule has 1 nitrogen and oxygen atoms in total. The van der Waals surface area contributed by atoms with Gasteiger partial charge >= 0.3 is 0 Å². The predicted molar refractivity (Wildman–Crippen MR) is 85.1 cm³/mol. The number of hydrogen-bond acceptors (Lipinski definition) is 0. The Labute approximate surface area is 125 Å². The zero-order chi connectivity index (χ0) is 14.7. The maximum atomic E-state index is 9.77. The summed E-state index contributed by atoms with van der Waals surface area (Å²) in [5.74, 6) is 12.7. The summed E-state index contributed by atoms with van der Waals surface area (Å²) in [6, 6.07) is 0. The third-order valence-electron chi connectivity index (χ3n) is 3.23. The number of hydrogen-bond donors (Lipinski definition) is 0. The predicted octanol–water partition coefficient (Wildman–Crippen LogP) is 5.09. The van der Waals surface area contributed by atoms with Gasteiger partial charge in [0.25, 0.3) is 0 Å². The summed E-state index contributed by atoms with van der Waals surface area (Å²) < 4.78 is 0. The van der Waals surface area contributed by atoms with Gasteiger partial charge in [0.2, 0.25) is 0 Å². The van der Waals surface area contributed by atoms with Crippen LogP contribution in [0.25, 0.3) is 0 Å². The van der Waals surface area contributed by atoms with Crippen molar-refractivity contribution in [1.82, 2.24) is 0 Å². The lowest BCUT2D eigenvalue weighted by molar-refractivity contribution is 0.392. The van der Waals surface area contributed by atoms with Gasteiger partial charge in [0.05, 0.1) is 0 Å². The smallest absolute Gasteiger partial charge is 0.186 e. The molecule has 0 aromatic rings. The lowest BCUT2D eigenvalue weighted by Gasteiger charge is -2.01. The monoisotopic (exact) mass is 271 g/mol. The molecule has 0 heterocycles. The summed E-state index contributed by atoms with van der Waals surface area (Å²) in [5.41, 5.74) is 0. The van der Waals surface area contributed by atoms with Crippen molar-refractivity contribution >= 4 is 0 Å². The Hall–Kier alpha value is -1.52. The summed E-state index contributed by atoms with van der Waals surface area (Å²) in [6.07, 6.45) is 17.2. The van der Waals surface area contributed by atoms with E-state index in [0.717, 1.165) is 12.8 Å². The fourth-order valence-corrected chi connectivity index (χ4v) is 2.07. The van der Waals surface area contributed by atoms with Crippen molar-refractivity contribution in [2.75, 3.05) is 0 Å². The standard InChI is InChI=1S/C19H27O/c1-2-3-4-5-6-7-8-9-10-11-12-13-14-15-16-17-18-19-20/h2-13H2,1H3. The van der Waals surface area contributed by atoms with Gasteiger partial charge in [-0.1, -0.05) is 77.1 Å². The van der Waals surface area contributed by atoms with Gasteiger partial charge < -0.3 is 0 Å². The Bertz CT molecular complexity index is 375. The molecule has 0 bridgehead atoms. The van der Waals surface area contributed by atoms with Gasteiger partial charge in [0, 0.05) is 18.3 Å². The molecule has 0 saturated heterocycles. The molecule has 0 saturated carbocycles. The SMILES string of the molecule is CCCCCCCCCCCCCC#CC#CC#C[O]. The molecule has 0 aliphatic heterocycles. The van der Waals surface area contributed by atoms with Crippen LogP contribution in [-0.2, 0) is 5.11 Å². The van der Waals surface area contributed by atoms with E-state index in [9.17, 15) is 5.11 Å². The Morgan fingerprint density at radius 1 is 0.600 bits per heavy atom. The minimum Gasteiger partial charge on any atom is -0.223 e. The molecule has 1 radical (unpaired) electrons. The van der Waals surface area contributed by atoms with Crippen molar-refractivity contribution in [3.05, 3.63) is 0 Å².